The van der Waals surface area contributed by atoms with Crippen LogP contribution >= 0.6 is 11.8 Å². The number of nitrogens with zero attached hydrogens (tertiary/aromatic N) is 3. The highest BCUT2D eigenvalue weighted by Crippen LogP contribution is 2.27. The number of hydrogen-bond acceptors (Lipinski definition) is 4. The summed E-state index contributed by atoms with van der Waals surface area (Å²) in [6.07, 6.45) is 5.48. The van der Waals surface area contributed by atoms with Crippen molar-refractivity contribution in [1.29, 1.82) is 0 Å². The molecule has 0 aliphatic rings. The highest BCUT2D eigenvalue weighted by molar-refractivity contribution is 7.99. The second kappa shape index (κ2) is 5.57. The summed E-state index contributed by atoms with van der Waals surface area (Å²) >= 11 is 1.21. The molecule has 2 heterocycles. The summed E-state index contributed by atoms with van der Waals surface area (Å²) in [4.78, 5) is 19.4. The fraction of sp³-hybridized carbons (Fsp3) is 0.133. The van der Waals surface area contributed by atoms with E-state index in [0.29, 0.717) is 5.16 Å². The Morgan fingerprint density at radius 2 is 2.24 bits per heavy atom. The number of carbonyl (C=O) groups is 1. The van der Waals surface area contributed by atoms with Crippen molar-refractivity contribution in [2.45, 2.75) is 12.1 Å². The number of carboxylic acids is 1. The normalized spacial score (nSPS) is 10.9. The first-order valence-corrected chi connectivity index (χ1v) is 7.37. The van der Waals surface area contributed by atoms with Crippen molar-refractivity contribution in [1.82, 2.24) is 14.5 Å². The Labute approximate surface area is 125 Å². The summed E-state index contributed by atoms with van der Waals surface area (Å²) in [5, 5.41) is 11.6. The van der Waals surface area contributed by atoms with Crippen LogP contribution in [-0.2, 0) is 4.79 Å². The average molecular weight is 299 g/mol. The van der Waals surface area contributed by atoms with Gasteiger partial charge in [-0.3, -0.25) is 14.3 Å². The maximum absolute atomic E-state index is 10.8. The maximum atomic E-state index is 10.8. The first-order valence-electron chi connectivity index (χ1n) is 6.39. The molecule has 1 N–H and O–H groups in total. The van der Waals surface area contributed by atoms with Crippen molar-refractivity contribution in [2.75, 3.05) is 5.75 Å². The lowest BCUT2D eigenvalue weighted by Crippen LogP contribution is -2.01. The zero-order chi connectivity index (χ0) is 14.8. The summed E-state index contributed by atoms with van der Waals surface area (Å²) in [6, 6.07) is 7.93. The fourth-order valence-corrected chi connectivity index (χ4v) is 2.93. The number of aliphatic carboxylic acids is 1. The Hall–Kier alpha value is -2.34. The average Bonchev–Trinajstić information content (AvgIpc) is 2.85. The second-order valence-corrected chi connectivity index (χ2v) is 5.53. The number of hydrogen-bond donors (Lipinski definition) is 1. The number of imidazole rings is 1. The van der Waals surface area contributed by atoms with Gasteiger partial charge < -0.3 is 5.11 Å². The highest BCUT2D eigenvalue weighted by atomic mass is 32.2. The van der Waals surface area contributed by atoms with Gasteiger partial charge in [-0.1, -0.05) is 23.9 Å². The van der Waals surface area contributed by atoms with Gasteiger partial charge in [0.2, 0.25) is 0 Å². The lowest BCUT2D eigenvalue weighted by molar-refractivity contribution is -0.133. The third-order valence-electron chi connectivity index (χ3n) is 3.04. The third-order valence-corrected chi connectivity index (χ3v) is 3.98. The van der Waals surface area contributed by atoms with Crippen LogP contribution in [0.2, 0.25) is 0 Å². The summed E-state index contributed by atoms with van der Waals surface area (Å²) in [6.45, 7) is 1.89. The van der Waals surface area contributed by atoms with Crippen molar-refractivity contribution >= 4 is 28.5 Å². The first-order chi connectivity index (χ1) is 10.1. The molecule has 0 saturated carbocycles. The molecule has 0 aliphatic carbocycles. The molecule has 0 aliphatic heterocycles. The molecule has 0 spiro atoms. The molecule has 0 saturated heterocycles. The number of fused-ring (bicyclic) bond motifs is 1. The van der Waals surface area contributed by atoms with E-state index in [9.17, 15) is 4.79 Å². The van der Waals surface area contributed by atoms with E-state index in [1.807, 2.05) is 48.1 Å². The molecule has 6 heteroatoms. The number of aryl methyl sites for hydroxylation is 1. The summed E-state index contributed by atoms with van der Waals surface area (Å²) in [5.41, 5.74) is 1.80. The molecule has 21 heavy (non-hydrogen) atoms. The number of rotatable bonds is 4. The maximum Gasteiger partial charge on any atom is 0.313 e. The van der Waals surface area contributed by atoms with Crippen LogP contribution in [0.25, 0.3) is 16.5 Å². The van der Waals surface area contributed by atoms with Gasteiger partial charge in [-0.2, -0.15) is 0 Å². The van der Waals surface area contributed by atoms with Crippen LogP contribution < -0.4 is 0 Å². The Bertz CT molecular complexity index is 808. The van der Waals surface area contributed by atoms with Gasteiger partial charge in [0, 0.05) is 24.0 Å². The largest absolute Gasteiger partial charge is 0.481 e. The van der Waals surface area contributed by atoms with Gasteiger partial charge in [-0.05, 0) is 24.4 Å². The topological polar surface area (TPSA) is 68.0 Å². The molecule has 0 amide bonds. The van der Waals surface area contributed by atoms with Crippen molar-refractivity contribution in [3.8, 4) is 5.69 Å². The number of carboxylic acid groups (broad SMARTS) is 1. The van der Waals surface area contributed by atoms with E-state index in [0.717, 1.165) is 22.2 Å². The van der Waals surface area contributed by atoms with Crippen LogP contribution in [0.15, 0.2) is 48.0 Å². The Kier molecular flexibility index (Phi) is 3.62. The van der Waals surface area contributed by atoms with E-state index in [-0.39, 0.29) is 5.75 Å². The van der Waals surface area contributed by atoms with Crippen LogP contribution in [0.5, 0.6) is 0 Å². The predicted molar refractivity (Wildman–Crippen MR) is 82.0 cm³/mol. The van der Waals surface area contributed by atoms with Gasteiger partial charge in [0.05, 0.1) is 17.1 Å². The second-order valence-electron chi connectivity index (χ2n) is 4.59. The SMILES string of the molecule is Cc1cn(-c2cccc3ccncc23)c(SCC(=O)O)n1. The number of benzene rings is 1. The van der Waals surface area contributed by atoms with Gasteiger partial charge in [-0.15, -0.1) is 0 Å². The molecular formula is C15H13N3O2S. The molecule has 1 aromatic carbocycles. The van der Waals surface area contributed by atoms with E-state index < -0.39 is 5.97 Å². The molecule has 0 atom stereocenters. The minimum atomic E-state index is -0.855. The van der Waals surface area contributed by atoms with E-state index in [2.05, 4.69) is 9.97 Å². The van der Waals surface area contributed by atoms with Crippen molar-refractivity contribution in [3.05, 3.63) is 48.5 Å². The Morgan fingerprint density at radius 3 is 3.05 bits per heavy atom. The molecule has 3 rings (SSSR count). The zero-order valence-electron chi connectivity index (χ0n) is 11.4. The van der Waals surface area contributed by atoms with Gasteiger partial charge in [0.15, 0.2) is 5.16 Å². The van der Waals surface area contributed by atoms with E-state index in [1.54, 1.807) is 6.20 Å². The molecule has 0 unspecified atom stereocenters. The van der Waals surface area contributed by atoms with Gasteiger partial charge in [0.1, 0.15) is 0 Å². The lowest BCUT2D eigenvalue weighted by atomic mass is 10.1. The Morgan fingerprint density at radius 1 is 1.38 bits per heavy atom. The van der Waals surface area contributed by atoms with Crippen LogP contribution in [0.1, 0.15) is 5.69 Å². The quantitative estimate of drug-likeness (QED) is 0.750. The fourth-order valence-electron chi connectivity index (χ4n) is 2.18. The monoisotopic (exact) mass is 299 g/mol. The van der Waals surface area contributed by atoms with Gasteiger partial charge >= 0.3 is 5.97 Å². The molecular weight excluding hydrogens is 286 g/mol. The molecule has 3 aromatic rings. The molecule has 0 fully saturated rings. The van der Waals surface area contributed by atoms with Gasteiger partial charge in [0.25, 0.3) is 0 Å². The third kappa shape index (κ3) is 2.75. The van der Waals surface area contributed by atoms with E-state index in [4.69, 9.17) is 5.11 Å². The minimum absolute atomic E-state index is 0.0144. The van der Waals surface area contributed by atoms with Crippen molar-refractivity contribution in [2.24, 2.45) is 0 Å². The van der Waals surface area contributed by atoms with Crippen molar-refractivity contribution < 1.29 is 9.90 Å². The van der Waals surface area contributed by atoms with Crippen LogP contribution in [0.4, 0.5) is 0 Å². The smallest absolute Gasteiger partial charge is 0.313 e. The lowest BCUT2D eigenvalue weighted by Gasteiger charge is -2.09. The van der Waals surface area contributed by atoms with E-state index in [1.165, 1.54) is 11.8 Å². The van der Waals surface area contributed by atoms with Crippen LogP contribution in [0, 0.1) is 6.92 Å². The predicted octanol–water partition coefficient (Wildman–Crippen LogP) is 2.91. The summed E-state index contributed by atoms with van der Waals surface area (Å²) in [7, 11) is 0. The Balaban J connectivity index is 2.12. The molecule has 5 nitrogen and oxygen atoms in total. The molecule has 2 aromatic heterocycles. The van der Waals surface area contributed by atoms with Crippen LogP contribution in [0.3, 0.4) is 0 Å². The first kappa shape index (κ1) is 13.6. The van der Waals surface area contributed by atoms with Crippen molar-refractivity contribution in [3.63, 3.8) is 0 Å². The van der Waals surface area contributed by atoms with Gasteiger partial charge in [-0.25, -0.2) is 4.98 Å². The van der Waals surface area contributed by atoms with Crippen LogP contribution in [-0.4, -0.2) is 31.4 Å². The number of pyridine rings is 1. The number of aromatic nitrogens is 3. The summed E-state index contributed by atoms with van der Waals surface area (Å²) in [5.74, 6) is -0.869. The molecule has 0 bridgehead atoms. The standard InChI is InChI=1S/C15H13N3O2S/c1-10-8-18(15(17-10)21-9-14(19)20)13-4-2-3-11-5-6-16-7-12(11)13/h2-8H,9H2,1H3,(H,19,20). The van der Waals surface area contributed by atoms with E-state index >= 15 is 0 Å². The summed E-state index contributed by atoms with van der Waals surface area (Å²) < 4.78 is 1.92. The molecule has 0 radical (unpaired) electrons. The highest BCUT2D eigenvalue weighted by Gasteiger charge is 2.12. The molecule has 106 valence electrons. The minimum Gasteiger partial charge on any atom is -0.481 e. The number of thioether (sulfide) groups is 1. The zero-order valence-corrected chi connectivity index (χ0v) is 12.2.